The summed E-state index contributed by atoms with van der Waals surface area (Å²) >= 11 is 0. The van der Waals surface area contributed by atoms with Gasteiger partial charge in [-0.2, -0.15) is 0 Å². The van der Waals surface area contributed by atoms with E-state index in [1.807, 2.05) is 0 Å². The number of ether oxygens (including phenoxy) is 2. The number of alkyl halides is 3. The van der Waals surface area contributed by atoms with E-state index in [9.17, 15) is 26.7 Å². The van der Waals surface area contributed by atoms with E-state index >= 15 is 0 Å². The molecule has 1 amide bonds. The van der Waals surface area contributed by atoms with Gasteiger partial charge in [-0.25, -0.2) is 8.78 Å². The van der Waals surface area contributed by atoms with Crippen LogP contribution in [0.15, 0.2) is 47.0 Å². The lowest BCUT2D eigenvalue weighted by Crippen LogP contribution is -2.33. The fourth-order valence-corrected chi connectivity index (χ4v) is 3.55. The summed E-state index contributed by atoms with van der Waals surface area (Å²) in [6.45, 7) is -0.0119. The Kier molecular flexibility index (Phi) is 5.83. The molecular formula is C21H16F5N3O4. The Bertz CT molecular complexity index is 1140. The average Bonchev–Trinajstić information content (AvgIpc) is 3.35. The number of amides is 1. The lowest BCUT2D eigenvalue weighted by atomic mass is 9.92. The number of anilines is 1. The monoisotopic (exact) mass is 469 g/mol. The molecule has 0 spiro atoms. The van der Waals surface area contributed by atoms with Crippen LogP contribution >= 0.6 is 0 Å². The quantitative estimate of drug-likeness (QED) is 0.526. The topological polar surface area (TPSA) is 85.6 Å². The summed E-state index contributed by atoms with van der Waals surface area (Å²) in [6, 6.07) is 7.28. The fourth-order valence-electron chi connectivity index (χ4n) is 3.55. The Balaban J connectivity index is 1.53. The Morgan fingerprint density at radius 3 is 2.36 bits per heavy atom. The predicted molar refractivity (Wildman–Crippen MR) is 105 cm³/mol. The normalized spacial score (nSPS) is 18.2. The van der Waals surface area contributed by atoms with Crippen molar-refractivity contribution in [3.8, 4) is 22.8 Å². The summed E-state index contributed by atoms with van der Waals surface area (Å²) in [5, 5.41) is 9.14. The van der Waals surface area contributed by atoms with Gasteiger partial charge in [0.2, 0.25) is 5.91 Å². The molecule has 0 aliphatic carbocycles. The minimum atomic E-state index is -4.81. The summed E-state index contributed by atoms with van der Waals surface area (Å²) in [5.74, 6) is -3.21. The van der Waals surface area contributed by atoms with Crippen molar-refractivity contribution in [3.05, 3.63) is 59.7 Å². The summed E-state index contributed by atoms with van der Waals surface area (Å²) in [5.41, 5.74) is 0.111. The number of carbonyl (C=O) groups excluding carboxylic acids is 1. The number of rotatable bonds is 6. The second-order valence-corrected chi connectivity index (χ2v) is 7.13. The van der Waals surface area contributed by atoms with Crippen molar-refractivity contribution in [2.45, 2.75) is 18.3 Å². The van der Waals surface area contributed by atoms with Gasteiger partial charge >= 0.3 is 6.36 Å². The number of benzene rings is 2. The van der Waals surface area contributed by atoms with Crippen molar-refractivity contribution in [2.24, 2.45) is 0 Å². The van der Waals surface area contributed by atoms with Gasteiger partial charge in [0.25, 0.3) is 0 Å². The molecule has 174 valence electrons. The maximum absolute atomic E-state index is 14.5. The van der Waals surface area contributed by atoms with E-state index in [-0.39, 0.29) is 29.4 Å². The van der Waals surface area contributed by atoms with Gasteiger partial charge in [0.05, 0.1) is 7.11 Å². The van der Waals surface area contributed by atoms with Crippen LogP contribution < -0.4 is 20.1 Å². The molecule has 1 aromatic heterocycles. The van der Waals surface area contributed by atoms with Crippen LogP contribution in [0.3, 0.4) is 0 Å². The SMILES string of the molecule is COc1cc(F)c([C@@H]2CNC(=O)[C@H]2Nc2cc(-c3ccc(OC(F)(F)F)cc3)on2)c(F)c1. The summed E-state index contributed by atoms with van der Waals surface area (Å²) in [6.07, 6.45) is -4.81. The standard InChI is InChI=1S/C21H16F5N3O4/c1-31-12-6-14(22)18(15(23)7-12)13-9-27-20(30)19(13)28-17-8-16(33-29-17)10-2-4-11(5-3-10)32-21(24,25)26/h2-8,13,19H,9H2,1H3,(H,27,30)(H,28,29)/t13-,19-/m0/s1. The molecule has 33 heavy (non-hydrogen) atoms. The first-order valence-corrected chi connectivity index (χ1v) is 9.54. The molecule has 0 unspecified atom stereocenters. The molecule has 1 aliphatic heterocycles. The largest absolute Gasteiger partial charge is 0.573 e. The maximum atomic E-state index is 14.5. The van der Waals surface area contributed by atoms with Crippen molar-refractivity contribution in [1.29, 1.82) is 0 Å². The summed E-state index contributed by atoms with van der Waals surface area (Å²) in [7, 11) is 1.28. The zero-order chi connectivity index (χ0) is 23.8. The molecule has 0 saturated carbocycles. The number of hydrogen-bond acceptors (Lipinski definition) is 6. The lowest BCUT2D eigenvalue weighted by Gasteiger charge is -2.19. The molecule has 7 nitrogen and oxygen atoms in total. The van der Waals surface area contributed by atoms with E-state index in [4.69, 9.17) is 9.26 Å². The Morgan fingerprint density at radius 1 is 1.09 bits per heavy atom. The van der Waals surface area contributed by atoms with Gasteiger partial charge in [0.15, 0.2) is 11.6 Å². The fraction of sp³-hybridized carbons (Fsp3) is 0.238. The van der Waals surface area contributed by atoms with Crippen LogP contribution in [0.5, 0.6) is 11.5 Å². The molecule has 12 heteroatoms. The number of carbonyl (C=O) groups is 1. The van der Waals surface area contributed by atoms with E-state index in [0.29, 0.717) is 5.56 Å². The zero-order valence-corrected chi connectivity index (χ0v) is 16.9. The van der Waals surface area contributed by atoms with E-state index in [1.54, 1.807) is 0 Å². The van der Waals surface area contributed by atoms with Gasteiger partial charge in [-0.05, 0) is 24.3 Å². The van der Waals surface area contributed by atoms with Crippen LogP contribution in [0.2, 0.25) is 0 Å². The average molecular weight is 469 g/mol. The summed E-state index contributed by atoms with van der Waals surface area (Å²) < 4.78 is 79.8. The first-order chi connectivity index (χ1) is 15.6. The van der Waals surface area contributed by atoms with Crippen LogP contribution in [-0.4, -0.2) is 37.1 Å². The van der Waals surface area contributed by atoms with Gasteiger partial charge < -0.3 is 24.6 Å². The molecule has 2 N–H and O–H groups in total. The van der Waals surface area contributed by atoms with E-state index in [2.05, 4.69) is 20.5 Å². The first-order valence-electron chi connectivity index (χ1n) is 9.54. The van der Waals surface area contributed by atoms with Crippen LogP contribution in [0.1, 0.15) is 11.5 Å². The Morgan fingerprint density at radius 2 is 1.76 bits per heavy atom. The van der Waals surface area contributed by atoms with Crippen molar-refractivity contribution in [1.82, 2.24) is 10.5 Å². The van der Waals surface area contributed by atoms with Gasteiger partial charge in [-0.3, -0.25) is 4.79 Å². The van der Waals surface area contributed by atoms with Crippen LogP contribution in [0, 0.1) is 11.6 Å². The zero-order valence-electron chi connectivity index (χ0n) is 16.9. The Labute approximate surface area is 183 Å². The van der Waals surface area contributed by atoms with E-state index < -0.39 is 41.6 Å². The number of hydrogen-bond donors (Lipinski definition) is 2. The second kappa shape index (κ2) is 8.60. The van der Waals surface area contributed by atoms with Crippen molar-refractivity contribution >= 4 is 11.7 Å². The van der Waals surface area contributed by atoms with Gasteiger partial charge in [-0.15, -0.1) is 13.2 Å². The van der Waals surface area contributed by atoms with Crippen LogP contribution in [-0.2, 0) is 4.79 Å². The molecule has 0 radical (unpaired) electrons. The molecule has 2 aromatic carbocycles. The second-order valence-electron chi connectivity index (χ2n) is 7.13. The predicted octanol–water partition coefficient (Wildman–Crippen LogP) is 4.22. The number of halogens is 5. The molecular weight excluding hydrogens is 453 g/mol. The molecule has 1 saturated heterocycles. The third-order valence-electron chi connectivity index (χ3n) is 5.03. The lowest BCUT2D eigenvalue weighted by molar-refractivity contribution is -0.274. The molecule has 0 bridgehead atoms. The van der Waals surface area contributed by atoms with Crippen LogP contribution in [0.25, 0.3) is 11.3 Å². The highest BCUT2D eigenvalue weighted by molar-refractivity contribution is 5.88. The molecule has 4 rings (SSSR count). The minimum absolute atomic E-state index is 0.00309. The van der Waals surface area contributed by atoms with E-state index in [0.717, 1.165) is 24.3 Å². The third kappa shape index (κ3) is 4.83. The Hall–Kier alpha value is -3.83. The van der Waals surface area contributed by atoms with Crippen molar-refractivity contribution < 1.29 is 40.7 Å². The number of methoxy groups -OCH3 is 1. The molecule has 3 aromatic rings. The van der Waals surface area contributed by atoms with E-state index in [1.165, 1.54) is 25.3 Å². The maximum Gasteiger partial charge on any atom is 0.573 e. The molecule has 1 fully saturated rings. The van der Waals surface area contributed by atoms with Gasteiger partial charge in [0.1, 0.15) is 29.2 Å². The first kappa shape index (κ1) is 22.4. The van der Waals surface area contributed by atoms with Gasteiger partial charge in [0, 0.05) is 41.8 Å². The number of nitrogens with one attached hydrogen (secondary N) is 2. The highest BCUT2D eigenvalue weighted by Crippen LogP contribution is 2.33. The summed E-state index contributed by atoms with van der Waals surface area (Å²) in [4.78, 5) is 12.3. The van der Waals surface area contributed by atoms with Crippen molar-refractivity contribution in [2.75, 3.05) is 19.0 Å². The molecule has 2 atom stereocenters. The highest BCUT2D eigenvalue weighted by atomic mass is 19.4. The number of nitrogens with zero attached hydrogens (tertiary/aromatic N) is 1. The smallest absolute Gasteiger partial charge is 0.497 e. The molecule has 1 aliphatic rings. The number of aromatic nitrogens is 1. The van der Waals surface area contributed by atoms with Crippen LogP contribution in [0.4, 0.5) is 27.8 Å². The van der Waals surface area contributed by atoms with Gasteiger partial charge in [-0.1, -0.05) is 5.16 Å². The third-order valence-corrected chi connectivity index (χ3v) is 5.03. The highest BCUT2D eigenvalue weighted by Gasteiger charge is 2.39. The van der Waals surface area contributed by atoms with Crippen molar-refractivity contribution in [3.63, 3.8) is 0 Å². The molecule has 2 heterocycles. The minimum Gasteiger partial charge on any atom is -0.497 e.